The maximum atomic E-state index is 12.7. The van der Waals surface area contributed by atoms with Crippen LogP contribution in [0.25, 0.3) is 0 Å². The molecule has 2 atom stereocenters. The third-order valence-electron chi connectivity index (χ3n) is 2.76. The summed E-state index contributed by atoms with van der Waals surface area (Å²) in [5.41, 5.74) is 0.866. The predicted molar refractivity (Wildman–Crippen MR) is 56.2 cm³/mol. The molecule has 1 aromatic rings. The highest BCUT2D eigenvalue weighted by atomic mass is 19.1. The molecular weight excluding hydrogens is 195 g/mol. The maximum Gasteiger partial charge on any atom is 0.307 e. The smallest absolute Gasteiger partial charge is 0.307 e. The minimum Gasteiger partial charge on any atom is -0.481 e. The van der Waals surface area contributed by atoms with Gasteiger partial charge in [-0.25, -0.2) is 4.39 Å². The summed E-state index contributed by atoms with van der Waals surface area (Å²) in [6, 6.07) is 6.01. The molecule has 0 saturated heterocycles. The lowest BCUT2D eigenvalue weighted by Gasteiger charge is -2.18. The molecule has 0 fully saturated rings. The van der Waals surface area contributed by atoms with E-state index in [0.717, 1.165) is 5.56 Å². The van der Waals surface area contributed by atoms with E-state index < -0.39 is 11.9 Å². The van der Waals surface area contributed by atoms with Gasteiger partial charge in [0, 0.05) is 0 Å². The molecule has 0 heterocycles. The van der Waals surface area contributed by atoms with E-state index in [-0.39, 0.29) is 11.7 Å². The zero-order chi connectivity index (χ0) is 11.4. The van der Waals surface area contributed by atoms with Crippen LogP contribution in [0.2, 0.25) is 0 Å². The molecule has 2 unspecified atom stereocenters. The molecule has 0 spiro atoms. The standard InChI is InChI=1S/C12H15FO2/c1-3-11(12(14)15)8(2)9-4-6-10(13)7-5-9/h4-8,11H,3H2,1-2H3,(H,14,15). The van der Waals surface area contributed by atoms with Gasteiger partial charge in [0.2, 0.25) is 0 Å². The van der Waals surface area contributed by atoms with Gasteiger partial charge >= 0.3 is 5.97 Å². The van der Waals surface area contributed by atoms with Gasteiger partial charge < -0.3 is 5.11 Å². The van der Waals surface area contributed by atoms with Crippen molar-refractivity contribution in [2.75, 3.05) is 0 Å². The average Bonchev–Trinajstić information content (AvgIpc) is 2.19. The first kappa shape index (κ1) is 11.7. The Hall–Kier alpha value is -1.38. The van der Waals surface area contributed by atoms with Crippen molar-refractivity contribution < 1.29 is 14.3 Å². The number of carbonyl (C=O) groups is 1. The van der Waals surface area contributed by atoms with Crippen LogP contribution in [-0.4, -0.2) is 11.1 Å². The lowest BCUT2D eigenvalue weighted by atomic mass is 9.86. The average molecular weight is 210 g/mol. The summed E-state index contributed by atoms with van der Waals surface area (Å²) in [4.78, 5) is 10.9. The van der Waals surface area contributed by atoms with E-state index in [2.05, 4.69) is 0 Å². The first-order valence-electron chi connectivity index (χ1n) is 5.04. The number of hydrogen-bond acceptors (Lipinski definition) is 1. The number of aliphatic carboxylic acids is 1. The fraction of sp³-hybridized carbons (Fsp3) is 0.417. The Kier molecular flexibility index (Phi) is 3.83. The van der Waals surface area contributed by atoms with E-state index >= 15 is 0 Å². The minimum atomic E-state index is -0.797. The Morgan fingerprint density at radius 3 is 2.33 bits per heavy atom. The van der Waals surface area contributed by atoms with Crippen LogP contribution in [0.1, 0.15) is 31.7 Å². The fourth-order valence-electron chi connectivity index (χ4n) is 1.74. The summed E-state index contributed by atoms with van der Waals surface area (Å²) >= 11 is 0. The monoisotopic (exact) mass is 210 g/mol. The number of benzene rings is 1. The van der Waals surface area contributed by atoms with Gasteiger partial charge in [-0.1, -0.05) is 26.0 Å². The highest BCUT2D eigenvalue weighted by Crippen LogP contribution is 2.26. The zero-order valence-corrected chi connectivity index (χ0v) is 8.90. The second-order valence-electron chi connectivity index (χ2n) is 3.69. The normalized spacial score (nSPS) is 14.6. The molecule has 1 N–H and O–H groups in total. The van der Waals surface area contributed by atoms with Crippen LogP contribution in [0.15, 0.2) is 24.3 Å². The third-order valence-corrected chi connectivity index (χ3v) is 2.76. The summed E-state index contributed by atoms with van der Waals surface area (Å²) in [6.07, 6.45) is 0.577. The fourth-order valence-corrected chi connectivity index (χ4v) is 1.74. The Morgan fingerprint density at radius 1 is 1.40 bits per heavy atom. The van der Waals surface area contributed by atoms with Crippen molar-refractivity contribution in [3.8, 4) is 0 Å². The second kappa shape index (κ2) is 4.91. The second-order valence-corrected chi connectivity index (χ2v) is 3.69. The first-order chi connectivity index (χ1) is 7.06. The molecule has 0 amide bonds. The molecule has 15 heavy (non-hydrogen) atoms. The van der Waals surface area contributed by atoms with E-state index in [1.807, 2.05) is 13.8 Å². The van der Waals surface area contributed by atoms with Crippen molar-refractivity contribution in [2.45, 2.75) is 26.2 Å². The van der Waals surface area contributed by atoms with Crippen LogP contribution in [0.4, 0.5) is 4.39 Å². The number of rotatable bonds is 4. The van der Waals surface area contributed by atoms with Crippen LogP contribution >= 0.6 is 0 Å². The molecule has 1 aromatic carbocycles. The van der Waals surface area contributed by atoms with E-state index in [9.17, 15) is 9.18 Å². The molecular formula is C12H15FO2. The number of hydrogen-bond donors (Lipinski definition) is 1. The number of carboxylic acid groups (broad SMARTS) is 1. The molecule has 82 valence electrons. The SMILES string of the molecule is CCC(C(=O)O)C(C)c1ccc(F)cc1. The van der Waals surface area contributed by atoms with Gasteiger partial charge in [0.05, 0.1) is 5.92 Å². The lowest BCUT2D eigenvalue weighted by Crippen LogP contribution is -2.19. The van der Waals surface area contributed by atoms with E-state index in [4.69, 9.17) is 5.11 Å². The first-order valence-corrected chi connectivity index (χ1v) is 5.04. The molecule has 0 aliphatic rings. The van der Waals surface area contributed by atoms with Crippen molar-refractivity contribution in [1.82, 2.24) is 0 Å². The van der Waals surface area contributed by atoms with Crippen molar-refractivity contribution in [3.63, 3.8) is 0 Å². The molecule has 1 rings (SSSR count). The summed E-state index contributed by atoms with van der Waals surface area (Å²) < 4.78 is 12.7. The van der Waals surface area contributed by atoms with Gasteiger partial charge in [-0.15, -0.1) is 0 Å². The summed E-state index contributed by atoms with van der Waals surface area (Å²) in [7, 11) is 0. The molecule has 0 radical (unpaired) electrons. The van der Waals surface area contributed by atoms with Crippen LogP contribution in [0.5, 0.6) is 0 Å². The molecule has 0 aliphatic heterocycles. The maximum absolute atomic E-state index is 12.7. The van der Waals surface area contributed by atoms with Crippen LogP contribution in [0, 0.1) is 11.7 Å². The molecule has 0 bridgehead atoms. The predicted octanol–water partition coefficient (Wildman–Crippen LogP) is 3.04. The van der Waals surface area contributed by atoms with Crippen molar-refractivity contribution in [2.24, 2.45) is 5.92 Å². The Morgan fingerprint density at radius 2 is 1.93 bits per heavy atom. The van der Waals surface area contributed by atoms with Crippen LogP contribution in [-0.2, 0) is 4.79 Å². The molecule has 0 aliphatic carbocycles. The Labute approximate surface area is 88.7 Å². The van der Waals surface area contributed by atoms with Gasteiger partial charge in [-0.3, -0.25) is 4.79 Å². The molecule has 2 nitrogen and oxygen atoms in total. The van der Waals surface area contributed by atoms with Crippen LogP contribution < -0.4 is 0 Å². The Balaban J connectivity index is 2.87. The molecule has 0 saturated carbocycles. The highest BCUT2D eigenvalue weighted by Gasteiger charge is 2.23. The van der Waals surface area contributed by atoms with Crippen LogP contribution in [0.3, 0.4) is 0 Å². The van der Waals surface area contributed by atoms with Crippen molar-refractivity contribution in [3.05, 3.63) is 35.6 Å². The highest BCUT2D eigenvalue weighted by molar-refractivity contribution is 5.71. The van der Waals surface area contributed by atoms with Gasteiger partial charge in [0.1, 0.15) is 5.82 Å². The van der Waals surface area contributed by atoms with E-state index in [0.29, 0.717) is 6.42 Å². The zero-order valence-electron chi connectivity index (χ0n) is 8.90. The topological polar surface area (TPSA) is 37.3 Å². The summed E-state index contributed by atoms with van der Waals surface area (Å²) in [6.45, 7) is 3.70. The van der Waals surface area contributed by atoms with Gasteiger partial charge in [0.15, 0.2) is 0 Å². The van der Waals surface area contributed by atoms with Gasteiger partial charge in [-0.2, -0.15) is 0 Å². The number of carboxylic acids is 1. The molecule has 0 aromatic heterocycles. The summed E-state index contributed by atoms with van der Waals surface area (Å²) in [5, 5.41) is 8.99. The minimum absolute atomic E-state index is 0.0897. The Bertz CT molecular complexity index is 332. The quantitative estimate of drug-likeness (QED) is 0.829. The largest absolute Gasteiger partial charge is 0.481 e. The number of halogens is 1. The lowest BCUT2D eigenvalue weighted by molar-refractivity contribution is -0.142. The van der Waals surface area contributed by atoms with E-state index in [1.165, 1.54) is 12.1 Å². The van der Waals surface area contributed by atoms with Gasteiger partial charge in [-0.05, 0) is 30.0 Å². The molecule has 3 heteroatoms. The summed E-state index contributed by atoms with van der Waals surface area (Å²) in [5.74, 6) is -1.59. The van der Waals surface area contributed by atoms with Crippen molar-refractivity contribution >= 4 is 5.97 Å². The third kappa shape index (κ3) is 2.78. The van der Waals surface area contributed by atoms with E-state index in [1.54, 1.807) is 12.1 Å². The van der Waals surface area contributed by atoms with Crippen molar-refractivity contribution in [1.29, 1.82) is 0 Å². The van der Waals surface area contributed by atoms with Gasteiger partial charge in [0.25, 0.3) is 0 Å².